The van der Waals surface area contributed by atoms with Gasteiger partial charge in [-0.1, -0.05) is 58.3 Å². The lowest BCUT2D eigenvalue weighted by Crippen LogP contribution is -2.37. The lowest BCUT2D eigenvalue weighted by Gasteiger charge is -2.45. The fourth-order valence-corrected chi connectivity index (χ4v) is 3.61. The van der Waals surface area contributed by atoms with Crippen molar-refractivity contribution in [3.05, 3.63) is 24.3 Å². The third-order valence-electron chi connectivity index (χ3n) is 5.57. The van der Waals surface area contributed by atoms with E-state index in [0.717, 1.165) is 23.3 Å². The molecule has 0 N–H and O–H groups in total. The average Bonchev–Trinajstić information content (AvgIpc) is 2.31. The monoisotopic (exact) mass is 244 g/mol. The molecule has 6 unspecified atom stereocenters. The van der Waals surface area contributed by atoms with E-state index in [1.165, 1.54) is 12.0 Å². The summed E-state index contributed by atoms with van der Waals surface area (Å²) in [5.41, 5.74) is 2.48. The van der Waals surface area contributed by atoms with Gasteiger partial charge in [-0.3, -0.25) is 0 Å². The molecule has 18 heavy (non-hydrogen) atoms. The molecule has 0 nitrogen and oxygen atoms in total. The van der Waals surface area contributed by atoms with Crippen molar-refractivity contribution >= 4 is 7.85 Å². The molecule has 0 aromatic heterocycles. The molecule has 0 amide bonds. The van der Waals surface area contributed by atoms with Crippen molar-refractivity contribution in [2.45, 2.75) is 47.4 Å². The fourth-order valence-electron chi connectivity index (χ4n) is 3.61. The molecule has 1 aliphatic carbocycles. The van der Waals surface area contributed by atoms with E-state index in [2.05, 4.69) is 47.8 Å². The maximum absolute atomic E-state index is 5.90. The molecule has 0 bridgehead atoms. The Hall–Kier alpha value is -0.455. The van der Waals surface area contributed by atoms with E-state index >= 15 is 0 Å². The van der Waals surface area contributed by atoms with Gasteiger partial charge >= 0.3 is 0 Å². The molecule has 1 saturated carbocycles. The zero-order chi connectivity index (χ0) is 14.0. The molecular formula is C17H29B. The van der Waals surface area contributed by atoms with Crippen molar-refractivity contribution in [1.82, 2.24) is 0 Å². The zero-order valence-corrected chi connectivity index (χ0v) is 12.9. The second-order valence-electron chi connectivity index (χ2n) is 6.61. The van der Waals surface area contributed by atoms with E-state index in [1.807, 2.05) is 0 Å². The average molecular weight is 244 g/mol. The first-order valence-corrected chi connectivity index (χ1v) is 7.35. The Bertz CT molecular complexity index is 318. The predicted molar refractivity (Wildman–Crippen MR) is 82.8 cm³/mol. The van der Waals surface area contributed by atoms with Crippen LogP contribution in [0, 0.1) is 35.5 Å². The van der Waals surface area contributed by atoms with E-state index in [0.29, 0.717) is 24.1 Å². The van der Waals surface area contributed by atoms with E-state index in [-0.39, 0.29) is 0 Å². The van der Waals surface area contributed by atoms with Gasteiger partial charge in [-0.15, -0.1) is 0 Å². The van der Waals surface area contributed by atoms with Crippen LogP contribution in [-0.4, -0.2) is 7.85 Å². The normalized spacial score (nSPS) is 38.2. The molecule has 1 rings (SSSR count). The molecule has 0 aromatic rings. The first kappa shape index (κ1) is 15.6. The SMILES string of the molecule is [B]CC(C(=C)C)C(=C)C1CC(C)C(C)C(C)C1C. The smallest absolute Gasteiger partial charge is 0.0665 e. The third kappa shape index (κ3) is 2.92. The Kier molecular flexibility index (Phi) is 5.31. The van der Waals surface area contributed by atoms with Crippen molar-refractivity contribution in [1.29, 1.82) is 0 Å². The highest BCUT2D eigenvalue weighted by Crippen LogP contribution is 2.46. The summed E-state index contributed by atoms with van der Waals surface area (Å²) in [6.45, 7) is 20.1. The minimum absolute atomic E-state index is 0.297. The summed E-state index contributed by atoms with van der Waals surface area (Å²) in [6.07, 6.45) is 1.91. The number of allylic oxidation sites excluding steroid dienone is 2. The van der Waals surface area contributed by atoms with Crippen molar-refractivity contribution in [3.8, 4) is 0 Å². The first-order valence-electron chi connectivity index (χ1n) is 7.35. The molecule has 0 heterocycles. The van der Waals surface area contributed by atoms with Gasteiger partial charge in [0, 0.05) is 0 Å². The third-order valence-corrected chi connectivity index (χ3v) is 5.57. The van der Waals surface area contributed by atoms with Gasteiger partial charge < -0.3 is 0 Å². The summed E-state index contributed by atoms with van der Waals surface area (Å²) in [6, 6.07) is 0. The van der Waals surface area contributed by atoms with Gasteiger partial charge in [0.1, 0.15) is 0 Å². The molecule has 100 valence electrons. The van der Waals surface area contributed by atoms with Gasteiger partial charge in [0.25, 0.3) is 0 Å². The van der Waals surface area contributed by atoms with Crippen molar-refractivity contribution < 1.29 is 0 Å². The topological polar surface area (TPSA) is 0 Å². The van der Waals surface area contributed by atoms with E-state index < -0.39 is 0 Å². The van der Waals surface area contributed by atoms with Crippen LogP contribution < -0.4 is 0 Å². The Balaban J connectivity index is 2.88. The van der Waals surface area contributed by atoms with Gasteiger partial charge in [0.2, 0.25) is 0 Å². The van der Waals surface area contributed by atoms with Crippen LogP contribution in [0.25, 0.3) is 0 Å². The largest absolute Gasteiger partial charge is 0.0996 e. The highest BCUT2D eigenvalue weighted by Gasteiger charge is 2.38. The number of rotatable bonds is 4. The van der Waals surface area contributed by atoms with E-state index in [4.69, 9.17) is 7.85 Å². The number of hydrogen-bond donors (Lipinski definition) is 0. The van der Waals surface area contributed by atoms with E-state index in [1.54, 1.807) is 0 Å². The van der Waals surface area contributed by atoms with Crippen molar-refractivity contribution in [3.63, 3.8) is 0 Å². The molecule has 2 radical (unpaired) electrons. The minimum Gasteiger partial charge on any atom is -0.0996 e. The zero-order valence-electron chi connectivity index (χ0n) is 12.9. The molecule has 0 spiro atoms. The van der Waals surface area contributed by atoms with Gasteiger partial charge in [0.05, 0.1) is 7.85 Å². The minimum atomic E-state index is 0.297. The fraction of sp³-hybridized carbons (Fsp3) is 0.765. The molecule has 0 aliphatic heterocycles. The lowest BCUT2D eigenvalue weighted by atomic mass is 9.60. The molecule has 1 aliphatic rings. The Morgan fingerprint density at radius 1 is 1.11 bits per heavy atom. The summed E-state index contributed by atoms with van der Waals surface area (Å²) in [5, 5.41) is 0. The Morgan fingerprint density at radius 3 is 2.11 bits per heavy atom. The quantitative estimate of drug-likeness (QED) is 0.488. The van der Waals surface area contributed by atoms with Crippen LogP contribution in [0.1, 0.15) is 41.0 Å². The van der Waals surface area contributed by atoms with Gasteiger partial charge in [0.15, 0.2) is 0 Å². The second kappa shape index (κ2) is 6.13. The second-order valence-corrected chi connectivity index (χ2v) is 6.61. The van der Waals surface area contributed by atoms with Crippen LogP contribution >= 0.6 is 0 Å². The highest BCUT2D eigenvalue weighted by atomic mass is 14.4. The van der Waals surface area contributed by atoms with Crippen LogP contribution in [0.2, 0.25) is 6.32 Å². The van der Waals surface area contributed by atoms with Crippen LogP contribution in [0.3, 0.4) is 0 Å². The Morgan fingerprint density at radius 2 is 1.67 bits per heavy atom. The van der Waals surface area contributed by atoms with Gasteiger partial charge in [-0.25, -0.2) is 0 Å². The van der Waals surface area contributed by atoms with Crippen molar-refractivity contribution in [2.75, 3.05) is 0 Å². The van der Waals surface area contributed by atoms with Crippen LogP contribution in [-0.2, 0) is 0 Å². The van der Waals surface area contributed by atoms with Gasteiger partial charge in [-0.2, -0.15) is 0 Å². The van der Waals surface area contributed by atoms with Crippen molar-refractivity contribution in [2.24, 2.45) is 35.5 Å². The highest BCUT2D eigenvalue weighted by molar-refractivity contribution is 6.09. The molecule has 1 fully saturated rings. The summed E-state index contributed by atoms with van der Waals surface area (Å²) < 4.78 is 0. The lowest BCUT2D eigenvalue weighted by molar-refractivity contribution is 0.0903. The first-order chi connectivity index (χ1) is 8.31. The molecular weight excluding hydrogens is 215 g/mol. The predicted octanol–water partition coefficient (Wildman–Crippen LogP) is 4.89. The summed E-state index contributed by atoms with van der Waals surface area (Å²) >= 11 is 0. The molecule has 0 saturated heterocycles. The standard InChI is InChI=1S/C17H29B/c1-10(2)17(9-18)15(7)16-8-11(3)12(4)13(5)14(16)6/h11-14,16-17H,1,7-9H2,2-6H3. The van der Waals surface area contributed by atoms with Crippen LogP contribution in [0.4, 0.5) is 0 Å². The maximum Gasteiger partial charge on any atom is 0.0665 e. The van der Waals surface area contributed by atoms with Crippen LogP contribution in [0.15, 0.2) is 24.3 Å². The summed E-state index contributed by atoms with van der Waals surface area (Å²) in [5.74, 6) is 3.96. The van der Waals surface area contributed by atoms with E-state index in [9.17, 15) is 0 Å². The number of hydrogen-bond acceptors (Lipinski definition) is 0. The van der Waals surface area contributed by atoms with Gasteiger partial charge in [-0.05, 0) is 48.9 Å². The molecule has 1 heteroatoms. The summed E-state index contributed by atoms with van der Waals surface area (Å²) in [4.78, 5) is 0. The maximum atomic E-state index is 5.90. The summed E-state index contributed by atoms with van der Waals surface area (Å²) in [7, 11) is 5.90. The Labute approximate surface area is 115 Å². The van der Waals surface area contributed by atoms with Crippen LogP contribution in [0.5, 0.6) is 0 Å². The molecule has 0 aromatic carbocycles. The molecule has 6 atom stereocenters.